The van der Waals surface area contributed by atoms with Gasteiger partial charge in [-0.1, -0.05) is 29.8 Å². The van der Waals surface area contributed by atoms with Gasteiger partial charge in [-0.25, -0.2) is 4.79 Å². The maximum Gasteiger partial charge on any atom is 0.325 e. The van der Waals surface area contributed by atoms with Crippen LogP contribution in [-0.4, -0.2) is 34.8 Å². The van der Waals surface area contributed by atoms with Gasteiger partial charge in [0.05, 0.1) is 6.07 Å². The molecule has 1 aliphatic heterocycles. The lowest BCUT2D eigenvalue weighted by Crippen LogP contribution is -2.51. The summed E-state index contributed by atoms with van der Waals surface area (Å²) in [5.41, 5.74) is -1.87. The Morgan fingerprint density at radius 1 is 1.46 bits per heavy atom. The van der Waals surface area contributed by atoms with Crippen LogP contribution in [0.15, 0.2) is 24.3 Å². The van der Waals surface area contributed by atoms with Gasteiger partial charge in [0.15, 0.2) is 0 Å². The van der Waals surface area contributed by atoms with Crippen molar-refractivity contribution in [1.29, 1.82) is 5.26 Å². The van der Waals surface area contributed by atoms with Crippen LogP contribution < -0.4 is 10.6 Å². The SMILES string of the molecule is CC1(c2ccccc2Cl)NC(=O)N(CC(=O)NC(C)(C#N)C2CC2)C1=O. The van der Waals surface area contributed by atoms with E-state index in [2.05, 4.69) is 16.7 Å². The molecule has 136 valence electrons. The van der Waals surface area contributed by atoms with Crippen molar-refractivity contribution in [3.8, 4) is 6.07 Å². The van der Waals surface area contributed by atoms with Crippen LogP contribution >= 0.6 is 11.6 Å². The van der Waals surface area contributed by atoms with Gasteiger partial charge in [0.25, 0.3) is 5.91 Å². The van der Waals surface area contributed by atoms with Gasteiger partial charge in [-0.05, 0) is 38.7 Å². The van der Waals surface area contributed by atoms with E-state index in [9.17, 15) is 19.6 Å². The lowest BCUT2D eigenvalue weighted by molar-refractivity contribution is -0.135. The van der Waals surface area contributed by atoms with Gasteiger partial charge in [-0.15, -0.1) is 0 Å². The van der Waals surface area contributed by atoms with Gasteiger partial charge >= 0.3 is 6.03 Å². The molecule has 1 saturated heterocycles. The number of halogens is 1. The second kappa shape index (κ2) is 6.29. The van der Waals surface area contributed by atoms with Crippen LogP contribution in [0, 0.1) is 17.2 Å². The summed E-state index contributed by atoms with van der Waals surface area (Å²) in [6.45, 7) is 2.76. The zero-order valence-corrected chi connectivity index (χ0v) is 15.3. The van der Waals surface area contributed by atoms with Gasteiger partial charge in [0.1, 0.15) is 17.6 Å². The summed E-state index contributed by atoms with van der Waals surface area (Å²) >= 11 is 6.17. The van der Waals surface area contributed by atoms with E-state index in [-0.39, 0.29) is 5.92 Å². The van der Waals surface area contributed by atoms with Gasteiger partial charge < -0.3 is 10.6 Å². The van der Waals surface area contributed by atoms with Crippen molar-refractivity contribution in [2.45, 2.75) is 37.8 Å². The molecule has 0 bridgehead atoms. The predicted octanol–water partition coefficient (Wildman–Crippen LogP) is 1.92. The summed E-state index contributed by atoms with van der Waals surface area (Å²) < 4.78 is 0. The number of rotatable bonds is 5. The average molecular weight is 375 g/mol. The molecule has 1 heterocycles. The molecule has 2 fully saturated rings. The number of nitrogens with one attached hydrogen (secondary N) is 2. The molecule has 2 aliphatic rings. The average Bonchev–Trinajstić information content (AvgIpc) is 3.41. The topological polar surface area (TPSA) is 102 Å². The zero-order chi connectivity index (χ0) is 19.1. The Hall–Kier alpha value is -2.59. The molecule has 26 heavy (non-hydrogen) atoms. The third-order valence-electron chi connectivity index (χ3n) is 5.01. The molecule has 1 saturated carbocycles. The van der Waals surface area contributed by atoms with E-state index in [0.717, 1.165) is 17.7 Å². The molecule has 0 spiro atoms. The molecule has 2 unspecified atom stereocenters. The van der Waals surface area contributed by atoms with E-state index < -0.39 is 35.5 Å². The fraction of sp³-hybridized carbons (Fsp3) is 0.444. The number of nitrogens with zero attached hydrogens (tertiary/aromatic N) is 2. The number of hydrogen-bond acceptors (Lipinski definition) is 4. The van der Waals surface area contributed by atoms with Crippen molar-refractivity contribution >= 4 is 29.4 Å². The second-order valence-electron chi connectivity index (χ2n) is 7.06. The van der Waals surface area contributed by atoms with Crippen molar-refractivity contribution in [3.63, 3.8) is 0 Å². The lowest BCUT2D eigenvalue weighted by Gasteiger charge is -2.25. The fourth-order valence-electron chi connectivity index (χ4n) is 3.24. The van der Waals surface area contributed by atoms with Crippen LogP contribution in [0.25, 0.3) is 0 Å². The molecule has 4 amide bonds. The van der Waals surface area contributed by atoms with Crippen LogP contribution in [0.2, 0.25) is 5.02 Å². The van der Waals surface area contributed by atoms with Crippen molar-refractivity contribution in [2.75, 3.05) is 6.54 Å². The highest BCUT2D eigenvalue weighted by molar-refractivity contribution is 6.32. The maximum absolute atomic E-state index is 12.8. The van der Waals surface area contributed by atoms with Crippen LogP contribution in [0.4, 0.5) is 4.79 Å². The third-order valence-corrected chi connectivity index (χ3v) is 5.34. The molecule has 1 aliphatic carbocycles. The second-order valence-corrected chi connectivity index (χ2v) is 7.47. The molecule has 0 aromatic heterocycles. The van der Waals surface area contributed by atoms with Gasteiger partial charge in [-0.3, -0.25) is 14.5 Å². The molecule has 8 heteroatoms. The first kappa shape index (κ1) is 18.2. The summed E-state index contributed by atoms with van der Waals surface area (Å²) in [6, 6.07) is 8.17. The third kappa shape index (κ3) is 3.01. The molecule has 3 rings (SSSR count). The highest BCUT2D eigenvalue weighted by atomic mass is 35.5. The highest BCUT2D eigenvalue weighted by Crippen LogP contribution is 2.39. The summed E-state index contributed by atoms with van der Waals surface area (Å²) in [6.07, 6.45) is 1.75. The lowest BCUT2D eigenvalue weighted by atomic mass is 9.92. The Morgan fingerprint density at radius 2 is 2.12 bits per heavy atom. The molecule has 2 N–H and O–H groups in total. The van der Waals surface area contributed by atoms with Gasteiger partial charge in [0, 0.05) is 10.6 Å². The van der Waals surface area contributed by atoms with E-state index in [4.69, 9.17) is 11.6 Å². The molecule has 1 aromatic rings. The Kier molecular flexibility index (Phi) is 4.41. The monoisotopic (exact) mass is 374 g/mol. The van der Waals surface area contributed by atoms with Gasteiger partial charge in [-0.2, -0.15) is 5.26 Å². The predicted molar refractivity (Wildman–Crippen MR) is 93.9 cm³/mol. The Bertz CT molecular complexity index is 832. The number of benzene rings is 1. The minimum atomic E-state index is -1.34. The molecular formula is C18H19ClN4O3. The van der Waals surface area contributed by atoms with E-state index in [0.29, 0.717) is 10.6 Å². The number of hydrogen-bond donors (Lipinski definition) is 2. The van der Waals surface area contributed by atoms with Crippen molar-refractivity contribution < 1.29 is 14.4 Å². The minimum absolute atomic E-state index is 0.105. The first-order valence-corrected chi connectivity index (χ1v) is 8.70. The van der Waals surface area contributed by atoms with E-state index in [1.54, 1.807) is 38.1 Å². The Balaban J connectivity index is 1.76. The van der Waals surface area contributed by atoms with Crippen molar-refractivity contribution in [2.24, 2.45) is 5.92 Å². The molecule has 0 radical (unpaired) electrons. The van der Waals surface area contributed by atoms with Gasteiger partial charge in [0.2, 0.25) is 5.91 Å². The standard InChI is InChI=1S/C18H19ClN4O3/c1-17(10-20,11-7-8-11)21-14(24)9-23-15(25)18(2,22-16(23)26)12-5-3-4-6-13(12)19/h3-6,11H,7-9H2,1-2H3,(H,21,24)(H,22,26). The first-order chi connectivity index (χ1) is 12.2. The van der Waals surface area contributed by atoms with Crippen molar-refractivity contribution in [3.05, 3.63) is 34.9 Å². The Morgan fingerprint density at radius 3 is 2.69 bits per heavy atom. The van der Waals surface area contributed by atoms with Crippen LogP contribution in [0.3, 0.4) is 0 Å². The van der Waals surface area contributed by atoms with Crippen LogP contribution in [0.5, 0.6) is 0 Å². The molecule has 7 nitrogen and oxygen atoms in total. The number of amides is 4. The van der Waals surface area contributed by atoms with Crippen LogP contribution in [-0.2, 0) is 15.1 Å². The highest BCUT2D eigenvalue weighted by Gasteiger charge is 2.51. The number of nitriles is 1. The van der Waals surface area contributed by atoms with Crippen LogP contribution in [0.1, 0.15) is 32.3 Å². The summed E-state index contributed by atoms with van der Waals surface area (Å²) in [5.74, 6) is -1.00. The first-order valence-electron chi connectivity index (χ1n) is 8.32. The van der Waals surface area contributed by atoms with E-state index in [1.807, 2.05) is 0 Å². The minimum Gasteiger partial charge on any atom is -0.336 e. The normalized spacial score (nSPS) is 24.6. The fourth-order valence-corrected chi connectivity index (χ4v) is 3.57. The van der Waals surface area contributed by atoms with E-state index in [1.165, 1.54) is 0 Å². The Labute approximate surface area is 156 Å². The quantitative estimate of drug-likeness (QED) is 0.768. The summed E-state index contributed by atoms with van der Waals surface area (Å²) in [7, 11) is 0. The molecule has 2 atom stereocenters. The number of urea groups is 1. The number of carbonyl (C=O) groups excluding carboxylic acids is 3. The summed E-state index contributed by atoms with van der Waals surface area (Å²) in [5, 5.41) is 14.9. The smallest absolute Gasteiger partial charge is 0.325 e. The number of carbonyl (C=O) groups is 3. The maximum atomic E-state index is 12.8. The van der Waals surface area contributed by atoms with E-state index >= 15 is 0 Å². The van der Waals surface area contributed by atoms with Crippen molar-refractivity contribution in [1.82, 2.24) is 15.5 Å². The number of imide groups is 1. The molecular weight excluding hydrogens is 356 g/mol. The summed E-state index contributed by atoms with van der Waals surface area (Å²) in [4.78, 5) is 38.4. The zero-order valence-electron chi connectivity index (χ0n) is 14.5. The largest absolute Gasteiger partial charge is 0.336 e. The molecule has 1 aromatic carbocycles.